The Kier molecular flexibility index (Phi) is 6.50. The predicted molar refractivity (Wildman–Crippen MR) is 69.4 cm³/mol. The summed E-state index contributed by atoms with van der Waals surface area (Å²) in [4.78, 5) is 9.52. The zero-order chi connectivity index (χ0) is 11.2. The molecule has 98 valence electrons. The molecule has 0 bridgehead atoms. The van der Waals surface area contributed by atoms with E-state index in [1.54, 1.807) is 6.33 Å². The van der Waals surface area contributed by atoms with Crippen LogP contribution < -0.4 is 5.32 Å². The molecule has 1 fully saturated rings. The maximum atomic E-state index is 5.40. The van der Waals surface area contributed by atoms with Gasteiger partial charge in [0, 0.05) is 44.1 Å². The van der Waals surface area contributed by atoms with Gasteiger partial charge >= 0.3 is 0 Å². The second kappa shape index (κ2) is 7.66. The lowest BCUT2D eigenvalue weighted by Crippen LogP contribution is -2.46. The van der Waals surface area contributed by atoms with Crippen molar-refractivity contribution in [2.24, 2.45) is 0 Å². The first-order valence-corrected chi connectivity index (χ1v) is 5.86. The van der Waals surface area contributed by atoms with E-state index in [0.29, 0.717) is 6.04 Å². The first-order valence-electron chi connectivity index (χ1n) is 5.86. The number of nitrogens with zero attached hydrogens (tertiary/aromatic N) is 2. The SMILES string of the molecule is CC1COCCN1CCNCc1cnc[nH]1.Cl. The van der Waals surface area contributed by atoms with Crippen molar-refractivity contribution in [1.82, 2.24) is 20.2 Å². The van der Waals surface area contributed by atoms with Crippen LogP contribution in [0.5, 0.6) is 0 Å². The number of nitrogens with one attached hydrogen (secondary N) is 2. The summed E-state index contributed by atoms with van der Waals surface area (Å²) in [5.41, 5.74) is 1.13. The summed E-state index contributed by atoms with van der Waals surface area (Å²) >= 11 is 0. The Bertz CT molecular complexity index is 294. The molecule has 1 aliphatic heterocycles. The highest BCUT2D eigenvalue weighted by atomic mass is 35.5. The molecule has 1 atom stereocenters. The van der Waals surface area contributed by atoms with Crippen LogP contribution in [0.15, 0.2) is 12.5 Å². The van der Waals surface area contributed by atoms with Crippen LogP contribution in [0.25, 0.3) is 0 Å². The van der Waals surface area contributed by atoms with Gasteiger partial charge in [0.15, 0.2) is 0 Å². The van der Waals surface area contributed by atoms with Gasteiger partial charge in [0.25, 0.3) is 0 Å². The van der Waals surface area contributed by atoms with Crippen LogP contribution in [-0.4, -0.2) is 53.8 Å². The van der Waals surface area contributed by atoms with Crippen molar-refractivity contribution in [1.29, 1.82) is 0 Å². The predicted octanol–water partition coefficient (Wildman–Crippen LogP) is 0.642. The van der Waals surface area contributed by atoms with Crippen molar-refractivity contribution in [3.8, 4) is 0 Å². The Hall–Kier alpha value is -0.620. The summed E-state index contributed by atoms with van der Waals surface area (Å²) in [6, 6.07) is 0.544. The summed E-state index contributed by atoms with van der Waals surface area (Å²) in [6.07, 6.45) is 3.56. The maximum absolute atomic E-state index is 5.40. The molecule has 0 saturated carbocycles. The van der Waals surface area contributed by atoms with E-state index in [1.165, 1.54) is 0 Å². The average molecular weight is 261 g/mol. The van der Waals surface area contributed by atoms with Crippen LogP contribution in [0.1, 0.15) is 12.6 Å². The number of aromatic amines is 1. The normalized spacial score (nSPS) is 21.1. The minimum absolute atomic E-state index is 0. The highest BCUT2D eigenvalue weighted by Gasteiger charge is 2.17. The molecule has 2 N–H and O–H groups in total. The lowest BCUT2D eigenvalue weighted by Gasteiger charge is -2.33. The fraction of sp³-hybridized carbons (Fsp3) is 0.727. The maximum Gasteiger partial charge on any atom is 0.0922 e. The number of halogens is 1. The molecule has 2 heterocycles. The van der Waals surface area contributed by atoms with Gasteiger partial charge in [-0.25, -0.2) is 4.98 Å². The van der Waals surface area contributed by atoms with Crippen molar-refractivity contribution in [2.45, 2.75) is 19.5 Å². The van der Waals surface area contributed by atoms with E-state index < -0.39 is 0 Å². The van der Waals surface area contributed by atoms with Crippen LogP contribution in [0.3, 0.4) is 0 Å². The third-order valence-electron chi connectivity index (χ3n) is 2.95. The number of aromatic nitrogens is 2. The van der Waals surface area contributed by atoms with Gasteiger partial charge in [0.05, 0.1) is 19.5 Å². The summed E-state index contributed by atoms with van der Waals surface area (Å²) in [5.74, 6) is 0. The van der Waals surface area contributed by atoms with Crippen LogP contribution in [0.4, 0.5) is 0 Å². The zero-order valence-electron chi connectivity index (χ0n) is 10.2. The molecule has 1 aliphatic rings. The molecule has 1 aromatic rings. The van der Waals surface area contributed by atoms with Gasteiger partial charge in [-0.3, -0.25) is 4.90 Å². The third-order valence-corrected chi connectivity index (χ3v) is 2.95. The third kappa shape index (κ3) is 4.63. The number of hydrogen-bond acceptors (Lipinski definition) is 4. The fourth-order valence-electron chi connectivity index (χ4n) is 1.92. The van der Waals surface area contributed by atoms with Gasteiger partial charge in [-0.2, -0.15) is 0 Å². The van der Waals surface area contributed by atoms with E-state index in [4.69, 9.17) is 4.74 Å². The molecule has 6 heteroatoms. The molecule has 0 amide bonds. The Balaban J connectivity index is 0.00000144. The lowest BCUT2D eigenvalue weighted by molar-refractivity contribution is 0.000398. The van der Waals surface area contributed by atoms with Crippen molar-refractivity contribution in [3.63, 3.8) is 0 Å². The topological polar surface area (TPSA) is 53.2 Å². The molecule has 5 nitrogen and oxygen atoms in total. The molecule has 0 radical (unpaired) electrons. The van der Waals surface area contributed by atoms with Gasteiger partial charge in [0.1, 0.15) is 0 Å². The highest BCUT2D eigenvalue weighted by molar-refractivity contribution is 5.85. The second-order valence-corrected chi connectivity index (χ2v) is 4.21. The Morgan fingerprint density at radius 1 is 1.65 bits per heavy atom. The van der Waals surface area contributed by atoms with E-state index in [-0.39, 0.29) is 12.4 Å². The first-order chi connectivity index (χ1) is 7.86. The molecule has 2 rings (SSSR count). The van der Waals surface area contributed by atoms with Crippen LogP contribution in [0, 0.1) is 0 Å². The minimum Gasteiger partial charge on any atom is -0.379 e. The summed E-state index contributed by atoms with van der Waals surface area (Å²) in [5, 5.41) is 3.40. The Morgan fingerprint density at radius 3 is 3.24 bits per heavy atom. The van der Waals surface area contributed by atoms with Gasteiger partial charge in [-0.05, 0) is 6.92 Å². The van der Waals surface area contributed by atoms with Crippen LogP contribution >= 0.6 is 12.4 Å². The zero-order valence-corrected chi connectivity index (χ0v) is 11.0. The van der Waals surface area contributed by atoms with Gasteiger partial charge in [-0.15, -0.1) is 12.4 Å². The quantitative estimate of drug-likeness (QED) is 0.763. The molecule has 0 aromatic carbocycles. The number of morpholine rings is 1. The van der Waals surface area contributed by atoms with E-state index in [1.807, 2.05) is 6.20 Å². The molecule has 0 aliphatic carbocycles. The first kappa shape index (κ1) is 14.4. The van der Waals surface area contributed by atoms with Crippen molar-refractivity contribution < 1.29 is 4.74 Å². The van der Waals surface area contributed by atoms with E-state index in [9.17, 15) is 0 Å². The smallest absolute Gasteiger partial charge is 0.0922 e. The van der Waals surface area contributed by atoms with Gasteiger partial charge in [0.2, 0.25) is 0 Å². The molecule has 1 unspecified atom stereocenters. The minimum atomic E-state index is 0. The number of ether oxygens (including phenoxy) is 1. The monoisotopic (exact) mass is 260 g/mol. The Labute approximate surface area is 108 Å². The van der Waals surface area contributed by atoms with Crippen molar-refractivity contribution in [3.05, 3.63) is 18.2 Å². The summed E-state index contributed by atoms with van der Waals surface area (Å²) in [7, 11) is 0. The molecule has 1 saturated heterocycles. The summed E-state index contributed by atoms with van der Waals surface area (Å²) in [6.45, 7) is 7.94. The highest BCUT2D eigenvalue weighted by Crippen LogP contribution is 2.04. The van der Waals surface area contributed by atoms with E-state index in [2.05, 4.69) is 27.1 Å². The number of imidazole rings is 1. The fourth-order valence-corrected chi connectivity index (χ4v) is 1.92. The van der Waals surface area contributed by atoms with Crippen molar-refractivity contribution >= 4 is 12.4 Å². The second-order valence-electron chi connectivity index (χ2n) is 4.21. The van der Waals surface area contributed by atoms with Crippen molar-refractivity contribution in [2.75, 3.05) is 32.8 Å². The molecule has 17 heavy (non-hydrogen) atoms. The largest absolute Gasteiger partial charge is 0.379 e. The van der Waals surface area contributed by atoms with E-state index >= 15 is 0 Å². The van der Waals surface area contributed by atoms with Gasteiger partial charge < -0.3 is 15.0 Å². The Morgan fingerprint density at radius 2 is 2.53 bits per heavy atom. The average Bonchev–Trinajstić information content (AvgIpc) is 2.79. The van der Waals surface area contributed by atoms with Gasteiger partial charge in [-0.1, -0.05) is 0 Å². The van der Waals surface area contributed by atoms with Crippen LogP contribution in [-0.2, 0) is 11.3 Å². The lowest BCUT2D eigenvalue weighted by atomic mass is 10.2. The molecule has 0 spiro atoms. The number of rotatable bonds is 5. The van der Waals surface area contributed by atoms with Crippen LogP contribution in [0.2, 0.25) is 0 Å². The molecule has 1 aromatic heterocycles. The standard InChI is InChI=1S/C11H20N4O.ClH/c1-10-8-16-5-4-15(10)3-2-12-6-11-7-13-9-14-11;/h7,9-10,12H,2-6,8H2,1H3,(H,13,14);1H. The summed E-state index contributed by atoms with van der Waals surface area (Å²) < 4.78 is 5.40. The van der Waals surface area contributed by atoms with E-state index in [0.717, 1.165) is 45.1 Å². The molecular formula is C11H21ClN4O. The molecular weight excluding hydrogens is 240 g/mol. The number of hydrogen-bond donors (Lipinski definition) is 2. The number of H-pyrrole nitrogens is 1.